The fourth-order valence-electron chi connectivity index (χ4n) is 7.66. The smallest absolute Gasteiger partial charge is 0.281 e. The lowest BCUT2D eigenvalue weighted by Crippen LogP contribution is -2.31. The van der Waals surface area contributed by atoms with E-state index in [1.165, 1.54) is 0 Å². The lowest BCUT2D eigenvalue weighted by Gasteiger charge is -2.20. The Morgan fingerprint density at radius 1 is 0.559 bits per heavy atom. The van der Waals surface area contributed by atoms with E-state index in [1.807, 2.05) is 39.8 Å². The zero-order chi connectivity index (χ0) is 48.7. The number of unbranched alkanes of at least 4 members (excludes halogenated alkanes) is 2. The first-order valence-corrected chi connectivity index (χ1v) is 22.5. The zero-order valence-corrected chi connectivity index (χ0v) is 38.5. The van der Waals surface area contributed by atoms with Gasteiger partial charge < -0.3 is 20.0 Å². The van der Waals surface area contributed by atoms with Gasteiger partial charge in [-0.15, -0.1) is 10.2 Å². The van der Waals surface area contributed by atoms with Crippen molar-refractivity contribution in [3.05, 3.63) is 152 Å². The molecule has 0 radical (unpaired) electrons. The summed E-state index contributed by atoms with van der Waals surface area (Å²) in [5.74, 6) is -1.87. The van der Waals surface area contributed by atoms with Gasteiger partial charge in [-0.3, -0.25) is 28.3 Å². The molecule has 0 unspecified atom stereocenters. The molecular weight excluding hydrogens is 861 g/mol. The SMILES string of the molecule is CCCCN(CC)C(=O)c1cccc(N=Nc2c(-c3ccccc3)c(C#N)c(O)n(CCn3c(O)c(C#N)c(-c4ccccc4)c(N=Nc4cccc(C(=O)N(CC)CCCC)c4)c3=O)c2=O)c1. The average Bonchev–Trinajstić information content (AvgIpc) is 3.37. The van der Waals surface area contributed by atoms with Gasteiger partial charge in [0, 0.05) is 61.5 Å². The number of hydrogen-bond donors (Lipinski definition) is 2. The first kappa shape index (κ1) is 48.9. The van der Waals surface area contributed by atoms with E-state index in [1.54, 1.807) is 119 Å². The Morgan fingerprint density at radius 3 is 1.28 bits per heavy atom. The van der Waals surface area contributed by atoms with Crippen LogP contribution >= 0.6 is 0 Å². The molecule has 6 aromatic rings. The number of aromatic hydroxyl groups is 2. The summed E-state index contributed by atoms with van der Waals surface area (Å²) in [5, 5.41) is 61.7. The second-order valence-corrected chi connectivity index (χ2v) is 15.7. The van der Waals surface area contributed by atoms with E-state index in [4.69, 9.17) is 0 Å². The standard InChI is InChI=1S/C52H52N10O6/c1-5-9-27-59(7-3)47(63)37-23-17-25-39(31-37)55-57-45-43(35-19-13-11-14-20-35)41(33-53)49(65)61(51(45)67)29-30-62-50(66)42(34-54)44(36-21-15-12-16-22-36)46(52(62)68)58-56-40-26-18-24-38(32-40)48(64)60(8-4)28-10-6-2/h11-26,31-32,65-66H,5-10,27-30H2,1-4H3. The summed E-state index contributed by atoms with van der Waals surface area (Å²) in [5.41, 5.74) is -1.10. The van der Waals surface area contributed by atoms with Crippen LogP contribution in [-0.2, 0) is 13.1 Å². The largest absolute Gasteiger partial charge is 0.493 e. The number of carbonyl (C=O) groups is 2. The minimum atomic E-state index is -0.896. The van der Waals surface area contributed by atoms with Gasteiger partial charge in [-0.1, -0.05) is 99.5 Å². The van der Waals surface area contributed by atoms with Crippen molar-refractivity contribution in [2.45, 2.75) is 66.5 Å². The normalized spacial score (nSPS) is 11.1. The molecule has 0 atom stereocenters. The molecule has 6 rings (SSSR count). The van der Waals surface area contributed by atoms with E-state index in [2.05, 4.69) is 20.5 Å². The van der Waals surface area contributed by atoms with Crippen LogP contribution in [0.5, 0.6) is 11.8 Å². The Labute approximate surface area is 394 Å². The van der Waals surface area contributed by atoms with E-state index in [0.717, 1.165) is 34.8 Å². The molecule has 68 heavy (non-hydrogen) atoms. The van der Waals surface area contributed by atoms with Crippen molar-refractivity contribution in [3.8, 4) is 46.2 Å². The van der Waals surface area contributed by atoms with Gasteiger partial charge in [0.15, 0.2) is 11.4 Å². The van der Waals surface area contributed by atoms with E-state index < -0.39 is 36.0 Å². The number of azo groups is 2. The number of nitrogens with zero attached hydrogens (tertiary/aromatic N) is 10. The minimum absolute atomic E-state index is 0.00428. The number of aromatic nitrogens is 2. The zero-order valence-electron chi connectivity index (χ0n) is 38.5. The van der Waals surface area contributed by atoms with E-state index in [9.17, 15) is 39.9 Å². The van der Waals surface area contributed by atoms with Gasteiger partial charge in [0.05, 0.1) is 11.4 Å². The van der Waals surface area contributed by atoms with Crippen molar-refractivity contribution in [2.24, 2.45) is 20.5 Å². The summed E-state index contributed by atoms with van der Waals surface area (Å²) in [6.45, 7) is 9.05. The molecule has 2 heterocycles. The summed E-state index contributed by atoms with van der Waals surface area (Å²) < 4.78 is 1.66. The third kappa shape index (κ3) is 10.8. The van der Waals surface area contributed by atoms with E-state index >= 15 is 0 Å². The molecule has 2 amide bonds. The van der Waals surface area contributed by atoms with E-state index in [-0.39, 0.29) is 56.8 Å². The second kappa shape index (κ2) is 23.1. The van der Waals surface area contributed by atoms with Gasteiger partial charge in [0.25, 0.3) is 22.9 Å². The molecule has 346 valence electrons. The van der Waals surface area contributed by atoms with Crippen LogP contribution in [0.4, 0.5) is 22.7 Å². The molecule has 0 saturated carbocycles. The van der Waals surface area contributed by atoms with Gasteiger partial charge in [-0.05, 0) is 74.2 Å². The molecule has 0 fully saturated rings. The summed E-state index contributed by atoms with van der Waals surface area (Å²) in [6.07, 6.45) is 3.51. The summed E-state index contributed by atoms with van der Waals surface area (Å²) in [6, 6.07) is 33.7. The monoisotopic (exact) mass is 912 g/mol. The Hall–Kier alpha value is -8.50. The quantitative estimate of drug-likeness (QED) is 0.0742. The third-order valence-electron chi connectivity index (χ3n) is 11.3. The van der Waals surface area contributed by atoms with Gasteiger partial charge in [0.2, 0.25) is 11.8 Å². The maximum atomic E-state index is 14.6. The van der Waals surface area contributed by atoms with Crippen LogP contribution in [0.15, 0.2) is 139 Å². The van der Waals surface area contributed by atoms with E-state index in [0.29, 0.717) is 48.4 Å². The molecule has 0 aliphatic rings. The Bertz CT molecular complexity index is 2850. The van der Waals surface area contributed by atoms with Crippen LogP contribution in [0.2, 0.25) is 0 Å². The van der Waals surface area contributed by atoms with Crippen LogP contribution in [0.3, 0.4) is 0 Å². The molecule has 0 bridgehead atoms. The van der Waals surface area contributed by atoms with Crippen molar-refractivity contribution < 1.29 is 19.8 Å². The lowest BCUT2D eigenvalue weighted by atomic mass is 9.99. The van der Waals surface area contributed by atoms with Crippen molar-refractivity contribution in [1.82, 2.24) is 18.9 Å². The highest BCUT2D eigenvalue weighted by molar-refractivity contribution is 5.95. The van der Waals surface area contributed by atoms with Crippen LogP contribution in [0.1, 0.15) is 85.2 Å². The first-order valence-electron chi connectivity index (χ1n) is 22.5. The molecule has 0 spiro atoms. The Kier molecular flexibility index (Phi) is 16.6. The number of hydrogen-bond acceptors (Lipinski definition) is 12. The molecule has 0 aliphatic carbocycles. The molecule has 0 aliphatic heterocycles. The summed E-state index contributed by atoms with van der Waals surface area (Å²) in [7, 11) is 0. The first-order chi connectivity index (χ1) is 33.0. The van der Waals surface area contributed by atoms with Crippen molar-refractivity contribution >= 4 is 34.6 Å². The Balaban J connectivity index is 1.45. The minimum Gasteiger partial charge on any atom is -0.493 e. The maximum Gasteiger partial charge on any atom is 0.281 e. The molecular formula is C52H52N10O6. The van der Waals surface area contributed by atoms with Crippen molar-refractivity contribution in [3.63, 3.8) is 0 Å². The molecule has 0 saturated heterocycles. The van der Waals surface area contributed by atoms with Crippen LogP contribution < -0.4 is 11.1 Å². The molecule has 4 aromatic carbocycles. The lowest BCUT2D eigenvalue weighted by molar-refractivity contribution is 0.0754. The van der Waals surface area contributed by atoms with Crippen LogP contribution in [0.25, 0.3) is 22.3 Å². The fraction of sp³-hybridized carbons (Fsp3) is 0.269. The van der Waals surface area contributed by atoms with Crippen LogP contribution in [-0.4, -0.2) is 67.1 Å². The van der Waals surface area contributed by atoms with Gasteiger partial charge >= 0.3 is 0 Å². The predicted octanol–water partition coefficient (Wildman–Crippen LogP) is 10.6. The number of benzene rings is 4. The molecule has 16 nitrogen and oxygen atoms in total. The number of nitriles is 2. The van der Waals surface area contributed by atoms with Crippen molar-refractivity contribution in [1.29, 1.82) is 10.5 Å². The molecule has 2 aromatic heterocycles. The highest BCUT2D eigenvalue weighted by Crippen LogP contribution is 2.38. The van der Waals surface area contributed by atoms with Gasteiger partial charge in [-0.25, -0.2) is 0 Å². The summed E-state index contributed by atoms with van der Waals surface area (Å²) >= 11 is 0. The second-order valence-electron chi connectivity index (χ2n) is 15.7. The highest BCUT2D eigenvalue weighted by atomic mass is 16.3. The number of carbonyl (C=O) groups excluding carboxylic acids is 2. The van der Waals surface area contributed by atoms with Gasteiger partial charge in [-0.2, -0.15) is 20.8 Å². The molecule has 16 heteroatoms. The molecule has 2 N–H and O–H groups in total. The van der Waals surface area contributed by atoms with Crippen molar-refractivity contribution in [2.75, 3.05) is 26.2 Å². The average molecular weight is 913 g/mol. The summed E-state index contributed by atoms with van der Waals surface area (Å²) in [4.78, 5) is 59.4. The predicted molar refractivity (Wildman–Crippen MR) is 259 cm³/mol. The van der Waals surface area contributed by atoms with Crippen LogP contribution in [0, 0.1) is 22.7 Å². The highest BCUT2D eigenvalue weighted by Gasteiger charge is 2.27. The Morgan fingerprint density at radius 2 is 0.941 bits per heavy atom. The third-order valence-corrected chi connectivity index (χ3v) is 11.3. The van der Waals surface area contributed by atoms with Gasteiger partial charge in [0.1, 0.15) is 23.3 Å². The number of rotatable bonds is 19. The number of amides is 2. The number of pyridine rings is 2. The maximum absolute atomic E-state index is 14.6. The topological polar surface area (TPSA) is 222 Å². The fourth-order valence-corrected chi connectivity index (χ4v) is 7.66.